The van der Waals surface area contributed by atoms with Gasteiger partial charge < -0.3 is 4.90 Å². The lowest BCUT2D eigenvalue weighted by molar-refractivity contribution is -0.129. The summed E-state index contributed by atoms with van der Waals surface area (Å²) in [6.45, 7) is 6.14. The molecule has 3 heterocycles. The molecule has 0 spiro atoms. The first-order valence-corrected chi connectivity index (χ1v) is 11.0. The van der Waals surface area contributed by atoms with E-state index in [0.29, 0.717) is 23.0 Å². The second kappa shape index (κ2) is 7.43. The van der Waals surface area contributed by atoms with Crippen LogP contribution in [0.5, 0.6) is 0 Å². The average molecular weight is 386 g/mol. The molecule has 144 valence electrons. The molecule has 2 saturated heterocycles. The molecule has 2 aliphatic carbocycles. The van der Waals surface area contributed by atoms with E-state index in [0.717, 1.165) is 58.1 Å². The van der Waals surface area contributed by atoms with Gasteiger partial charge in [-0.15, -0.1) is 0 Å². The van der Waals surface area contributed by atoms with Gasteiger partial charge >= 0.3 is 0 Å². The first-order chi connectivity index (χ1) is 13.3. The minimum Gasteiger partial charge on any atom is -0.338 e. The lowest BCUT2D eigenvalue weighted by atomic mass is 9.92. The molecular formula is C20H27N5OS. The highest BCUT2D eigenvalue weighted by molar-refractivity contribution is 7.98. The molecule has 0 radical (unpaired) electrons. The summed E-state index contributed by atoms with van der Waals surface area (Å²) < 4.78 is 2.08. The fraction of sp³-hybridized carbons (Fsp3) is 0.650. The minimum absolute atomic E-state index is 0.276. The number of allylic oxidation sites excluding steroid dienone is 2. The van der Waals surface area contributed by atoms with Crippen LogP contribution in [0.15, 0.2) is 30.6 Å². The van der Waals surface area contributed by atoms with Crippen LogP contribution in [0.2, 0.25) is 0 Å². The number of aromatic nitrogens is 2. The summed E-state index contributed by atoms with van der Waals surface area (Å²) in [5.41, 5.74) is 0. The molecule has 6 nitrogen and oxygen atoms in total. The van der Waals surface area contributed by atoms with E-state index in [4.69, 9.17) is 0 Å². The Morgan fingerprint density at radius 2 is 1.74 bits per heavy atom. The lowest BCUT2D eigenvalue weighted by Gasteiger charge is -2.34. The number of piperazine rings is 1. The van der Waals surface area contributed by atoms with Gasteiger partial charge in [0.25, 0.3) is 0 Å². The normalized spacial score (nSPS) is 32.5. The van der Waals surface area contributed by atoms with Crippen molar-refractivity contribution in [2.75, 3.05) is 44.2 Å². The van der Waals surface area contributed by atoms with E-state index in [9.17, 15) is 4.79 Å². The maximum absolute atomic E-state index is 12.7. The zero-order chi connectivity index (χ0) is 18.2. The number of carbonyl (C=O) groups excluding carboxylic acids is 1. The van der Waals surface area contributed by atoms with E-state index in [2.05, 4.69) is 36.2 Å². The Morgan fingerprint density at radius 1 is 1.00 bits per heavy atom. The van der Waals surface area contributed by atoms with E-state index in [1.165, 1.54) is 6.42 Å². The molecule has 5 rings (SSSR count). The number of amides is 1. The maximum Gasteiger partial charge on any atom is 0.237 e. The van der Waals surface area contributed by atoms with Crippen LogP contribution in [0.3, 0.4) is 0 Å². The fourth-order valence-corrected chi connectivity index (χ4v) is 6.55. The molecule has 7 heteroatoms. The molecular weight excluding hydrogens is 358 g/mol. The third kappa shape index (κ3) is 3.36. The third-order valence-corrected chi connectivity index (χ3v) is 7.96. The molecule has 4 atom stereocenters. The molecule has 0 aromatic carbocycles. The van der Waals surface area contributed by atoms with Crippen LogP contribution in [0.4, 0.5) is 5.95 Å². The molecule has 2 bridgehead atoms. The second-order valence-corrected chi connectivity index (χ2v) is 9.26. The SMILES string of the molecule is O=C1C2C3C=CC(C3)C2SN1CCCCN1CCN(c2ncccn2)CC1. The van der Waals surface area contributed by atoms with Crippen molar-refractivity contribution in [2.24, 2.45) is 17.8 Å². The van der Waals surface area contributed by atoms with Gasteiger partial charge in [-0.3, -0.25) is 14.0 Å². The molecule has 4 unspecified atom stereocenters. The van der Waals surface area contributed by atoms with Crippen molar-refractivity contribution in [3.05, 3.63) is 30.6 Å². The Morgan fingerprint density at radius 3 is 2.52 bits per heavy atom. The Balaban J connectivity index is 1.02. The Labute approximate surface area is 165 Å². The largest absolute Gasteiger partial charge is 0.338 e. The molecule has 1 amide bonds. The molecule has 27 heavy (non-hydrogen) atoms. The third-order valence-electron chi connectivity index (χ3n) is 6.46. The van der Waals surface area contributed by atoms with Gasteiger partial charge in [0.2, 0.25) is 11.9 Å². The van der Waals surface area contributed by atoms with E-state index >= 15 is 0 Å². The van der Waals surface area contributed by atoms with Crippen LogP contribution in [-0.4, -0.2) is 69.6 Å². The van der Waals surface area contributed by atoms with E-state index in [1.807, 2.05) is 30.4 Å². The Kier molecular flexibility index (Phi) is 4.82. The van der Waals surface area contributed by atoms with Crippen LogP contribution in [0, 0.1) is 17.8 Å². The highest BCUT2D eigenvalue weighted by Gasteiger charge is 2.54. The van der Waals surface area contributed by atoms with Crippen molar-refractivity contribution in [1.82, 2.24) is 19.2 Å². The molecule has 0 N–H and O–H groups in total. The highest BCUT2D eigenvalue weighted by atomic mass is 32.2. The van der Waals surface area contributed by atoms with Crippen LogP contribution >= 0.6 is 11.9 Å². The minimum atomic E-state index is 0.276. The van der Waals surface area contributed by atoms with Crippen LogP contribution in [-0.2, 0) is 4.79 Å². The van der Waals surface area contributed by atoms with Crippen LogP contribution in [0.1, 0.15) is 19.3 Å². The molecule has 1 saturated carbocycles. The monoisotopic (exact) mass is 385 g/mol. The maximum atomic E-state index is 12.7. The molecule has 1 aromatic heterocycles. The number of hydrogen-bond donors (Lipinski definition) is 0. The van der Waals surface area contributed by atoms with Crippen LogP contribution < -0.4 is 4.90 Å². The summed E-state index contributed by atoms with van der Waals surface area (Å²) in [6.07, 6.45) is 11.7. The Bertz CT molecular complexity index is 706. The number of anilines is 1. The van der Waals surface area contributed by atoms with Crippen molar-refractivity contribution < 1.29 is 4.79 Å². The zero-order valence-electron chi connectivity index (χ0n) is 15.6. The summed E-state index contributed by atoms with van der Waals surface area (Å²) in [7, 11) is 0. The summed E-state index contributed by atoms with van der Waals surface area (Å²) in [5.74, 6) is 2.69. The van der Waals surface area contributed by atoms with E-state index in [1.54, 1.807) is 0 Å². The summed E-state index contributed by atoms with van der Waals surface area (Å²) in [6, 6.07) is 1.86. The molecule has 1 aromatic rings. The van der Waals surface area contributed by atoms with Gasteiger partial charge in [-0.25, -0.2) is 9.97 Å². The van der Waals surface area contributed by atoms with Gasteiger partial charge in [0.15, 0.2) is 0 Å². The van der Waals surface area contributed by atoms with Crippen molar-refractivity contribution in [3.63, 3.8) is 0 Å². The van der Waals surface area contributed by atoms with Gasteiger partial charge in [0.05, 0.1) is 5.92 Å². The predicted molar refractivity (Wildman–Crippen MR) is 107 cm³/mol. The molecule has 4 aliphatic rings. The number of nitrogens with zero attached hydrogens (tertiary/aromatic N) is 5. The van der Waals surface area contributed by atoms with Crippen LogP contribution in [0.25, 0.3) is 0 Å². The summed E-state index contributed by atoms with van der Waals surface area (Å²) in [4.78, 5) is 26.2. The van der Waals surface area contributed by atoms with Gasteiger partial charge in [0, 0.05) is 50.4 Å². The number of hydrogen-bond acceptors (Lipinski definition) is 6. The van der Waals surface area contributed by atoms with Gasteiger partial charge in [0.1, 0.15) is 0 Å². The first-order valence-electron chi connectivity index (χ1n) is 10.2. The first kappa shape index (κ1) is 17.5. The van der Waals surface area contributed by atoms with Gasteiger partial charge in [-0.2, -0.15) is 0 Å². The number of unbranched alkanes of at least 4 members (excludes halogenated alkanes) is 1. The van der Waals surface area contributed by atoms with Crippen molar-refractivity contribution >= 4 is 23.8 Å². The second-order valence-electron chi connectivity index (χ2n) is 8.07. The van der Waals surface area contributed by atoms with E-state index in [-0.39, 0.29) is 5.92 Å². The molecule has 3 fully saturated rings. The Hall–Kier alpha value is -1.60. The average Bonchev–Trinajstić information content (AvgIpc) is 3.40. The number of carbonyl (C=O) groups is 1. The van der Waals surface area contributed by atoms with Crippen molar-refractivity contribution in [2.45, 2.75) is 24.5 Å². The van der Waals surface area contributed by atoms with Crippen molar-refractivity contribution in [1.29, 1.82) is 0 Å². The van der Waals surface area contributed by atoms with E-state index < -0.39 is 0 Å². The number of rotatable bonds is 6. The van der Waals surface area contributed by atoms with Gasteiger partial charge in [-0.1, -0.05) is 12.2 Å². The summed E-state index contributed by atoms with van der Waals surface area (Å²) in [5, 5.41) is 0.529. The highest BCUT2D eigenvalue weighted by Crippen LogP contribution is 2.54. The molecule has 2 aliphatic heterocycles. The van der Waals surface area contributed by atoms with Gasteiger partial charge in [-0.05, 0) is 55.7 Å². The predicted octanol–water partition coefficient (Wildman–Crippen LogP) is 2.06. The standard InChI is InChI=1S/C20H27N5OS/c26-19-17-15-4-5-16(14-15)18(17)27-25(19)9-2-1-8-23-10-12-24(13-11-23)20-21-6-3-7-22-20/h3-7,15-18H,1-2,8-14H2. The summed E-state index contributed by atoms with van der Waals surface area (Å²) >= 11 is 1.83. The topological polar surface area (TPSA) is 52.6 Å². The fourth-order valence-electron chi connectivity index (χ4n) is 4.99. The quantitative estimate of drug-likeness (QED) is 0.424. The lowest BCUT2D eigenvalue weighted by Crippen LogP contribution is -2.47. The van der Waals surface area contributed by atoms with Crippen molar-refractivity contribution in [3.8, 4) is 0 Å². The smallest absolute Gasteiger partial charge is 0.237 e. The number of fused-ring (bicyclic) bond motifs is 5. The zero-order valence-corrected chi connectivity index (χ0v) is 16.4.